The van der Waals surface area contributed by atoms with Crippen molar-refractivity contribution >= 4 is 17.2 Å². The molecule has 1 aromatic carbocycles. The Morgan fingerprint density at radius 2 is 1.94 bits per heavy atom. The van der Waals surface area contributed by atoms with Crippen LogP contribution in [0.25, 0.3) is 0 Å². The van der Waals surface area contributed by atoms with Crippen molar-refractivity contribution < 1.29 is 9.47 Å². The minimum atomic E-state index is 0.174. The van der Waals surface area contributed by atoms with Crippen LogP contribution in [0.1, 0.15) is 5.69 Å². The number of hydrogen-bond donors (Lipinski definition) is 1. The summed E-state index contributed by atoms with van der Waals surface area (Å²) in [6, 6.07) is 7.25. The van der Waals surface area contributed by atoms with Gasteiger partial charge in [-0.25, -0.2) is 4.98 Å². The van der Waals surface area contributed by atoms with Gasteiger partial charge in [0, 0.05) is 0 Å². The summed E-state index contributed by atoms with van der Waals surface area (Å²) in [6.45, 7) is 0. The third-order valence-corrected chi connectivity index (χ3v) is 2.36. The summed E-state index contributed by atoms with van der Waals surface area (Å²) in [5, 5.41) is 0. The smallest absolute Gasteiger partial charge is 0.238 e. The Hall–Kier alpha value is -2.21. The molecule has 0 unspecified atom stereocenters. The summed E-state index contributed by atoms with van der Waals surface area (Å²) in [6.07, 6.45) is 2.96. The predicted molar refractivity (Wildman–Crippen MR) is 71.0 cm³/mol. The molecule has 18 heavy (non-hydrogen) atoms. The maximum atomic E-state index is 5.58. The molecule has 0 aliphatic heterocycles. The fourth-order valence-electron chi connectivity index (χ4n) is 1.33. The Labute approximate surface area is 110 Å². The van der Waals surface area contributed by atoms with Crippen LogP contribution >= 0.6 is 12.2 Å². The second-order valence-electron chi connectivity index (χ2n) is 3.36. The molecule has 92 valence electrons. The van der Waals surface area contributed by atoms with Crippen molar-refractivity contribution in [1.82, 2.24) is 9.97 Å². The SMILES string of the molecule is COc1ccccc1Oc1cncc(C(N)=S)n1. The summed E-state index contributed by atoms with van der Waals surface area (Å²) >= 11 is 4.83. The lowest BCUT2D eigenvalue weighted by Crippen LogP contribution is -2.12. The molecule has 1 aromatic heterocycles. The van der Waals surface area contributed by atoms with Crippen LogP contribution < -0.4 is 15.2 Å². The Morgan fingerprint density at radius 1 is 1.22 bits per heavy atom. The number of nitrogens with zero attached hydrogens (tertiary/aromatic N) is 2. The van der Waals surface area contributed by atoms with E-state index in [-0.39, 0.29) is 4.99 Å². The number of rotatable bonds is 4. The van der Waals surface area contributed by atoms with E-state index in [1.165, 1.54) is 12.4 Å². The highest BCUT2D eigenvalue weighted by atomic mass is 32.1. The summed E-state index contributed by atoms with van der Waals surface area (Å²) in [4.78, 5) is 8.27. The molecular weight excluding hydrogens is 250 g/mol. The van der Waals surface area contributed by atoms with Gasteiger partial charge >= 0.3 is 0 Å². The first-order valence-electron chi connectivity index (χ1n) is 5.13. The zero-order valence-corrected chi connectivity index (χ0v) is 10.5. The molecule has 2 rings (SSSR count). The van der Waals surface area contributed by atoms with Crippen molar-refractivity contribution in [2.24, 2.45) is 5.73 Å². The van der Waals surface area contributed by atoms with Gasteiger partial charge in [0.1, 0.15) is 10.7 Å². The molecule has 0 fully saturated rings. The number of nitrogens with two attached hydrogens (primary N) is 1. The zero-order valence-electron chi connectivity index (χ0n) is 9.66. The third kappa shape index (κ3) is 2.72. The summed E-state index contributed by atoms with van der Waals surface area (Å²) in [5.41, 5.74) is 5.90. The maximum absolute atomic E-state index is 5.58. The van der Waals surface area contributed by atoms with Gasteiger partial charge in [-0.3, -0.25) is 4.98 Å². The lowest BCUT2D eigenvalue weighted by Gasteiger charge is -2.09. The first-order valence-corrected chi connectivity index (χ1v) is 5.54. The summed E-state index contributed by atoms with van der Waals surface area (Å²) in [5.74, 6) is 1.47. The average Bonchev–Trinajstić information content (AvgIpc) is 2.39. The van der Waals surface area contributed by atoms with Crippen molar-refractivity contribution in [3.8, 4) is 17.4 Å². The fourth-order valence-corrected chi connectivity index (χ4v) is 1.43. The van der Waals surface area contributed by atoms with Gasteiger partial charge in [0.25, 0.3) is 0 Å². The predicted octanol–water partition coefficient (Wildman–Crippen LogP) is 1.91. The molecule has 1 heterocycles. The Balaban J connectivity index is 2.28. The molecule has 0 bridgehead atoms. The van der Waals surface area contributed by atoms with Gasteiger partial charge in [-0.15, -0.1) is 0 Å². The van der Waals surface area contributed by atoms with Crippen LogP contribution in [-0.2, 0) is 0 Å². The number of para-hydroxylation sites is 2. The van der Waals surface area contributed by atoms with Gasteiger partial charge in [0.15, 0.2) is 11.5 Å². The van der Waals surface area contributed by atoms with Crippen LogP contribution in [0.2, 0.25) is 0 Å². The quantitative estimate of drug-likeness (QED) is 0.848. The van der Waals surface area contributed by atoms with Crippen molar-refractivity contribution in [3.05, 3.63) is 42.4 Å². The van der Waals surface area contributed by atoms with E-state index in [0.717, 1.165) is 0 Å². The van der Waals surface area contributed by atoms with Gasteiger partial charge in [-0.2, -0.15) is 0 Å². The lowest BCUT2D eigenvalue weighted by molar-refractivity contribution is 0.373. The average molecular weight is 261 g/mol. The van der Waals surface area contributed by atoms with Crippen molar-refractivity contribution in [3.63, 3.8) is 0 Å². The van der Waals surface area contributed by atoms with E-state index in [4.69, 9.17) is 27.4 Å². The minimum absolute atomic E-state index is 0.174. The molecule has 0 atom stereocenters. The third-order valence-electron chi connectivity index (χ3n) is 2.15. The van der Waals surface area contributed by atoms with E-state index >= 15 is 0 Å². The topological polar surface area (TPSA) is 70.3 Å². The van der Waals surface area contributed by atoms with E-state index in [2.05, 4.69) is 9.97 Å². The molecule has 0 spiro atoms. The number of hydrogen-bond acceptors (Lipinski definition) is 5. The highest BCUT2D eigenvalue weighted by Gasteiger charge is 2.07. The molecular formula is C12H11N3O2S. The van der Waals surface area contributed by atoms with Crippen molar-refractivity contribution in [2.45, 2.75) is 0 Å². The molecule has 2 N–H and O–H groups in total. The molecule has 0 saturated heterocycles. The van der Waals surface area contributed by atoms with Crippen LogP contribution in [-0.4, -0.2) is 22.1 Å². The van der Waals surface area contributed by atoms with Crippen LogP contribution in [0.5, 0.6) is 17.4 Å². The monoisotopic (exact) mass is 261 g/mol. The van der Waals surface area contributed by atoms with E-state index in [0.29, 0.717) is 23.1 Å². The lowest BCUT2D eigenvalue weighted by atomic mass is 10.3. The Morgan fingerprint density at radius 3 is 2.61 bits per heavy atom. The molecule has 0 radical (unpaired) electrons. The van der Waals surface area contributed by atoms with Gasteiger partial charge < -0.3 is 15.2 Å². The van der Waals surface area contributed by atoms with Crippen LogP contribution in [0.15, 0.2) is 36.7 Å². The largest absolute Gasteiger partial charge is 0.493 e. The number of benzene rings is 1. The van der Waals surface area contributed by atoms with E-state index in [1.807, 2.05) is 12.1 Å². The number of methoxy groups -OCH3 is 1. The minimum Gasteiger partial charge on any atom is -0.493 e. The Bertz CT molecular complexity index is 575. The highest BCUT2D eigenvalue weighted by molar-refractivity contribution is 7.80. The molecule has 0 amide bonds. The maximum Gasteiger partial charge on any atom is 0.238 e. The van der Waals surface area contributed by atoms with Crippen LogP contribution in [0.3, 0.4) is 0 Å². The van der Waals surface area contributed by atoms with E-state index < -0.39 is 0 Å². The van der Waals surface area contributed by atoms with Gasteiger partial charge in [-0.05, 0) is 12.1 Å². The molecule has 2 aromatic rings. The van der Waals surface area contributed by atoms with Crippen molar-refractivity contribution in [1.29, 1.82) is 0 Å². The molecule has 0 aliphatic rings. The van der Waals surface area contributed by atoms with Crippen LogP contribution in [0, 0.1) is 0 Å². The van der Waals surface area contributed by atoms with Gasteiger partial charge in [0.2, 0.25) is 5.88 Å². The normalized spacial score (nSPS) is 9.83. The second kappa shape index (κ2) is 5.42. The first kappa shape index (κ1) is 12.3. The molecule has 0 saturated carbocycles. The molecule has 0 aliphatic carbocycles. The summed E-state index contributed by atoms with van der Waals surface area (Å²) in [7, 11) is 1.57. The van der Waals surface area contributed by atoms with E-state index in [1.54, 1.807) is 19.2 Å². The number of thiocarbonyl (C=S) groups is 1. The zero-order chi connectivity index (χ0) is 13.0. The van der Waals surface area contributed by atoms with E-state index in [9.17, 15) is 0 Å². The van der Waals surface area contributed by atoms with Gasteiger partial charge in [-0.1, -0.05) is 24.4 Å². The highest BCUT2D eigenvalue weighted by Crippen LogP contribution is 2.29. The fraction of sp³-hybridized carbons (Fsp3) is 0.0833. The standard InChI is InChI=1S/C12H11N3O2S/c1-16-9-4-2-3-5-10(9)17-11-7-14-6-8(15-11)12(13)18/h2-7H,1H3,(H2,13,18). The molecule has 5 nitrogen and oxygen atoms in total. The van der Waals surface area contributed by atoms with Crippen LogP contribution in [0.4, 0.5) is 0 Å². The first-order chi connectivity index (χ1) is 8.70. The molecule has 6 heteroatoms. The Kier molecular flexibility index (Phi) is 3.69. The number of ether oxygens (including phenoxy) is 2. The summed E-state index contributed by atoms with van der Waals surface area (Å²) < 4.78 is 10.7. The van der Waals surface area contributed by atoms with Crippen molar-refractivity contribution in [2.75, 3.05) is 7.11 Å². The number of aromatic nitrogens is 2. The second-order valence-corrected chi connectivity index (χ2v) is 3.80. The van der Waals surface area contributed by atoms with Gasteiger partial charge in [0.05, 0.1) is 19.5 Å².